The fourth-order valence-electron chi connectivity index (χ4n) is 3.42. The van der Waals surface area contributed by atoms with Crippen molar-refractivity contribution < 1.29 is 19.2 Å². The number of nitrogens with one attached hydrogen (secondary N) is 2. The van der Waals surface area contributed by atoms with Gasteiger partial charge < -0.3 is 19.9 Å². The van der Waals surface area contributed by atoms with Crippen LogP contribution in [0.3, 0.4) is 0 Å². The number of halogens is 1. The van der Waals surface area contributed by atoms with Gasteiger partial charge in [0, 0.05) is 17.6 Å². The highest BCUT2D eigenvalue weighted by atomic mass is 35.5. The number of amides is 2. The third-order valence-corrected chi connectivity index (χ3v) is 5.00. The maximum atomic E-state index is 12.6. The highest BCUT2D eigenvalue weighted by Crippen LogP contribution is 2.27. The van der Waals surface area contributed by atoms with Crippen molar-refractivity contribution >= 4 is 29.1 Å². The van der Waals surface area contributed by atoms with Gasteiger partial charge in [-0.3, -0.25) is 9.59 Å². The second-order valence-corrected chi connectivity index (χ2v) is 7.28. The Morgan fingerprint density at radius 1 is 1.35 bits per heavy atom. The average molecular weight is 383 g/mol. The van der Waals surface area contributed by atoms with Crippen molar-refractivity contribution in [1.82, 2.24) is 4.90 Å². The molecule has 144 valence electrons. The Hall–Kier alpha value is -1.79. The number of benzene rings is 1. The number of likely N-dealkylation sites (tertiary alicyclic amines) is 1. The van der Waals surface area contributed by atoms with Crippen LogP contribution in [0.25, 0.3) is 0 Å². The van der Waals surface area contributed by atoms with E-state index in [1.807, 2.05) is 11.9 Å². The highest BCUT2D eigenvalue weighted by molar-refractivity contribution is 6.31. The second-order valence-electron chi connectivity index (χ2n) is 6.85. The van der Waals surface area contributed by atoms with Gasteiger partial charge in [0.15, 0.2) is 13.1 Å². The zero-order chi connectivity index (χ0) is 19.1. The van der Waals surface area contributed by atoms with E-state index in [9.17, 15) is 9.59 Å². The summed E-state index contributed by atoms with van der Waals surface area (Å²) in [6.07, 6.45) is 4.32. The van der Waals surface area contributed by atoms with Crippen molar-refractivity contribution in [1.29, 1.82) is 0 Å². The molecule has 6 nitrogen and oxygen atoms in total. The van der Waals surface area contributed by atoms with Crippen LogP contribution in [0.5, 0.6) is 5.75 Å². The molecule has 1 aliphatic rings. The summed E-state index contributed by atoms with van der Waals surface area (Å²) in [5.74, 6) is 0.499. The summed E-state index contributed by atoms with van der Waals surface area (Å²) in [6.45, 7) is 3.47. The van der Waals surface area contributed by atoms with Crippen LogP contribution in [-0.2, 0) is 9.59 Å². The van der Waals surface area contributed by atoms with Crippen LogP contribution < -0.4 is 15.0 Å². The minimum atomic E-state index is -0.179. The normalized spacial score (nSPS) is 18.3. The lowest BCUT2D eigenvalue weighted by Crippen LogP contribution is -3.11. The number of ether oxygens (including phenoxy) is 1. The average Bonchev–Trinajstić information content (AvgIpc) is 2.61. The van der Waals surface area contributed by atoms with E-state index in [0.717, 1.165) is 30.7 Å². The van der Waals surface area contributed by atoms with Crippen molar-refractivity contribution in [2.75, 3.05) is 39.1 Å². The molecule has 1 saturated heterocycles. The van der Waals surface area contributed by atoms with Crippen LogP contribution in [0.15, 0.2) is 18.2 Å². The van der Waals surface area contributed by atoms with Crippen LogP contribution in [0, 0.1) is 0 Å². The number of nitrogens with zero attached hydrogens (tertiary/aromatic N) is 1. The maximum absolute atomic E-state index is 12.6. The lowest BCUT2D eigenvalue weighted by molar-refractivity contribution is -0.862. The smallest absolute Gasteiger partial charge is 0.279 e. The van der Waals surface area contributed by atoms with Gasteiger partial charge in [-0.1, -0.05) is 18.5 Å². The summed E-state index contributed by atoms with van der Waals surface area (Å²) < 4.78 is 5.23. The van der Waals surface area contributed by atoms with Gasteiger partial charge in [0.2, 0.25) is 0 Å². The van der Waals surface area contributed by atoms with Gasteiger partial charge in [0.05, 0.1) is 19.8 Å². The number of anilines is 1. The number of piperidine rings is 1. The Labute approximate surface area is 160 Å². The molecule has 1 aromatic carbocycles. The van der Waals surface area contributed by atoms with Crippen molar-refractivity contribution in [3.05, 3.63) is 23.2 Å². The molecule has 2 amide bonds. The summed E-state index contributed by atoms with van der Waals surface area (Å²) in [6, 6.07) is 5.40. The molecule has 2 N–H and O–H groups in total. The predicted octanol–water partition coefficient (Wildman–Crippen LogP) is 1.59. The van der Waals surface area contributed by atoms with Crippen molar-refractivity contribution in [2.45, 2.75) is 38.6 Å². The predicted molar refractivity (Wildman–Crippen MR) is 103 cm³/mol. The lowest BCUT2D eigenvalue weighted by Gasteiger charge is -2.35. The molecule has 7 heteroatoms. The van der Waals surface area contributed by atoms with E-state index in [1.165, 1.54) is 13.5 Å². The molecule has 0 spiro atoms. The molecule has 1 aromatic rings. The molecule has 1 aliphatic heterocycles. The molecule has 0 aliphatic carbocycles. The van der Waals surface area contributed by atoms with Crippen molar-refractivity contribution in [2.24, 2.45) is 0 Å². The van der Waals surface area contributed by atoms with Crippen molar-refractivity contribution in [3.8, 4) is 5.75 Å². The molecule has 26 heavy (non-hydrogen) atoms. The van der Waals surface area contributed by atoms with E-state index < -0.39 is 0 Å². The molecule has 2 atom stereocenters. The fraction of sp³-hybridized carbons (Fsp3) is 0.579. The van der Waals surface area contributed by atoms with Crippen LogP contribution in [0.2, 0.25) is 5.02 Å². The quantitative estimate of drug-likeness (QED) is 0.752. The zero-order valence-corrected chi connectivity index (χ0v) is 16.6. The van der Waals surface area contributed by atoms with E-state index in [-0.39, 0.29) is 18.4 Å². The van der Waals surface area contributed by atoms with Gasteiger partial charge in [-0.2, -0.15) is 0 Å². The Bertz CT molecular complexity index is 638. The summed E-state index contributed by atoms with van der Waals surface area (Å²) in [7, 11) is 3.40. The van der Waals surface area contributed by atoms with Gasteiger partial charge in [-0.25, -0.2) is 0 Å². The standard InChI is InChI=1S/C19H28ClN3O3/c1-4-15-7-5-6-10-23(15)19(25)13-22(2)12-18(24)21-16-11-14(20)8-9-17(16)26-3/h8-9,11,15H,4-7,10,12-13H2,1-3H3,(H,21,24)/p+1/t15-/m1/s1. The van der Waals surface area contributed by atoms with Gasteiger partial charge in [0.25, 0.3) is 11.8 Å². The number of hydrogen-bond acceptors (Lipinski definition) is 3. The maximum Gasteiger partial charge on any atom is 0.279 e. The number of quaternary nitrogens is 1. The van der Waals surface area contributed by atoms with Crippen LogP contribution >= 0.6 is 11.6 Å². The second kappa shape index (κ2) is 9.78. The molecule has 1 unspecified atom stereocenters. The molecule has 0 radical (unpaired) electrons. The highest BCUT2D eigenvalue weighted by Gasteiger charge is 2.27. The van der Waals surface area contributed by atoms with Crippen molar-refractivity contribution in [3.63, 3.8) is 0 Å². The van der Waals surface area contributed by atoms with E-state index in [1.54, 1.807) is 18.2 Å². The van der Waals surface area contributed by atoms with Crippen LogP contribution in [0.1, 0.15) is 32.6 Å². The Balaban J connectivity index is 1.89. The summed E-state index contributed by atoms with van der Waals surface area (Å²) in [4.78, 5) is 27.8. The minimum absolute atomic E-state index is 0.127. The zero-order valence-electron chi connectivity index (χ0n) is 15.8. The van der Waals surface area contributed by atoms with E-state index >= 15 is 0 Å². The van der Waals surface area contributed by atoms with Gasteiger partial charge in [-0.05, 0) is 43.9 Å². The van der Waals surface area contributed by atoms with E-state index in [0.29, 0.717) is 29.0 Å². The number of carbonyl (C=O) groups is 2. The monoisotopic (exact) mass is 382 g/mol. The first-order valence-electron chi connectivity index (χ1n) is 9.18. The minimum Gasteiger partial charge on any atom is -0.495 e. The van der Waals surface area contributed by atoms with Gasteiger partial charge in [-0.15, -0.1) is 0 Å². The Morgan fingerprint density at radius 3 is 2.81 bits per heavy atom. The van der Waals surface area contributed by atoms with Crippen LogP contribution in [0.4, 0.5) is 5.69 Å². The van der Waals surface area contributed by atoms with E-state index in [2.05, 4.69) is 12.2 Å². The number of methoxy groups -OCH3 is 1. The SMILES string of the molecule is CC[C@@H]1CCCCN1C(=O)C[NH+](C)CC(=O)Nc1cc(Cl)ccc1OC. The van der Waals surface area contributed by atoms with Crippen LogP contribution in [-0.4, -0.2) is 56.5 Å². The largest absolute Gasteiger partial charge is 0.495 e. The van der Waals surface area contributed by atoms with Gasteiger partial charge in [0.1, 0.15) is 5.75 Å². The molecular formula is C19H29ClN3O3+. The Morgan fingerprint density at radius 2 is 2.12 bits per heavy atom. The first-order valence-corrected chi connectivity index (χ1v) is 9.56. The first-order chi connectivity index (χ1) is 12.4. The number of hydrogen-bond donors (Lipinski definition) is 2. The molecule has 0 saturated carbocycles. The molecule has 1 heterocycles. The first kappa shape index (κ1) is 20.5. The lowest BCUT2D eigenvalue weighted by atomic mass is 10.00. The number of rotatable bonds is 7. The van der Waals surface area contributed by atoms with E-state index in [4.69, 9.17) is 16.3 Å². The van der Waals surface area contributed by atoms with Gasteiger partial charge >= 0.3 is 0 Å². The number of likely N-dealkylation sites (N-methyl/N-ethyl adjacent to an activating group) is 1. The third kappa shape index (κ3) is 5.61. The molecule has 2 rings (SSSR count). The molecule has 0 bridgehead atoms. The summed E-state index contributed by atoms with van der Waals surface area (Å²) >= 11 is 5.98. The number of carbonyl (C=O) groups excluding carboxylic acids is 2. The summed E-state index contributed by atoms with van der Waals surface area (Å²) in [5.41, 5.74) is 0.534. The molecule has 1 fully saturated rings. The molecular weight excluding hydrogens is 354 g/mol. The summed E-state index contributed by atoms with van der Waals surface area (Å²) in [5, 5.41) is 3.33. The fourth-order valence-corrected chi connectivity index (χ4v) is 3.59. The third-order valence-electron chi connectivity index (χ3n) is 4.77. The Kier molecular flexibility index (Phi) is 7.72. The topological polar surface area (TPSA) is 63.1 Å². The molecule has 0 aromatic heterocycles.